The van der Waals surface area contributed by atoms with Crippen LogP contribution in [-0.2, 0) is 15.7 Å². The summed E-state index contributed by atoms with van der Waals surface area (Å²) in [6, 6.07) is 4.88. The molecule has 2 rings (SSSR count). The van der Waals surface area contributed by atoms with Gasteiger partial charge >= 0.3 is 12.3 Å². The molecule has 3 nitrogen and oxygen atoms in total. The predicted octanol–water partition coefficient (Wildman–Crippen LogP) is 4.29. The number of alkyl halides is 3. The van der Waals surface area contributed by atoms with Crippen LogP contribution in [0, 0.1) is 0 Å². The first-order chi connectivity index (χ1) is 9.91. The van der Waals surface area contributed by atoms with Crippen molar-refractivity contribution in [2.45, 2.75) is 31.5 Å². The third kappa shape index (κ3) is 3.77. The van der Waals surface area contributed by atoms with Crippen LogP contribution in [0.3, 0.4) is 0 Å². The van der Waals surface area contributed by atoms with E-state index >= 15 is 0 Å². The first-order valence-electron chi connectivity index (χ1n) is 6.59. The molecule has 114 valence electrons. The Morgan fingerprint density at radius 3 is 2.52 bits per heavy atom. The second kappa shape index (κ2) is 6.20. The summed E-state index contributed by atoms with van der Waals surface area (Å²) in [6.45, 7) is 1.88. The predicted molar refractivity (Wildman–Crippen MR) is 69.8 cm³/mol. The molecule has 21 heavy (non-hydrogen) atoms. The maximum Gasteiger partial charge on any atom is 0.508 e. The number of benzene rings is 1. The average Bonchev–Trinajstić information content (AvgIpc) is 2.86. The molecule has 1 aliphatic carbocycles. The standard InChI is InChI=1S/C15H15F3O3/c1-2-20-14(19)21-13-5-3-4-12(13)10-6-8-11(9-7-10)15(16,17)18/h3-4,6-9,12-13H,2,5H2,1H3/t12-,13+/m0/s1. The number of halogens is 3. The van der Waals surface area contributed by atoms with E-state index in [0.717, 1.165) is 12.1 Å². The van der Waals surface area contributed by atoms with Crippen LogP contribution in [0.1, 0.15) is 30.4 Å². The summed E-state index contributed by atoms with van der Waals surface area (Å²) >= 11 is 0. The molecule has 0 spiro atoms. The molecule has 0 saturated carbocycles. The molecule has 6 heteroatoms. The van der Waals surface area contributed by atoms with Crippen molar-refractivity contribution in [3.63, 3.8) is 0 Å². The molecule has 0 N–H and O–H groups in total. The van der Waals surface area contributed by atoms with Crippen molar-refractivity contribution < 1.29 is 27.4 Å². The molecule has 0 radical (unpaired) electrons. The van der Waals surface area contributed by atoms with Crippen LogP contribution in [0.25, 0.3) is 0 Å². The van der Waals surface area contributed by atoms with E-state index in [2.05, 4.69) is 0 Å². The van der Waals surface area contributed by atoms with Crippen molar-refractivity contribution in [2.24, 2.45) is 0 Å². The maximum absolute atomic E-state index is 12.5. The van der Waals surface area contributed by atoms with E-state index < -0.39 is 24.0 Å². The number of hydrogen-bond donors (Lipinski definition) is 0. The minimum absolute atomic E-state index is 0.212. The third-order valence-corrected chi connectivity index (χ3v) is 3.25. The molecular weight excluding hydrogens is 285 g/mol. The van der Waals surface area contributed by atoms with Gasteiger partial charge in [-0.1, -0.05) is 24.3 Å². The van der Waals surface area contributed by atoms with Crippen LogP contribution in [0.15, 0.2) is 36.4 Å². The average molecular weight is 300 g/mol. The molecule has 2 atom stereocenters. The molecule has 0 unspecified atom stereocenters. The zero-order chi connectivity index (χ0) is 15.5. The van der Waals surface area contributed by atoms with Gasteiger partial charge in [0.2, 0.25) is 0 Å². The number of rotatable bonds is 3. The van der Waals surface area contributed by atoms with E-state index in [4.69, 9.17) is 9.47 Å². The summed E-state index contributed by atoms with van der Waals surface area (Å²) in [5, 5.41) is 0. The summed E-state index contributed by atoms with van der Waals surface area (Å²) in [4.78, 5) is 11.3. The topological polar surface area (TPSA) is 35.5 Å². The Balaban J connectivity index is 2.09. The lowest BCUT2D eigenvalue weighted by atomic mass is 9.95. The largest absolute Gasteiger partial charge is 0.508 e. The molecule has 1 aromatic rings. The van der Waals surface area contributed by atoms with E-state index in [1.165, 1.54) is 12.1 Å². The highest BCUT2D eigenvalue weighted by Gasteiger charge is 2.32. The monoisotopic (exact) mass is 300 g/mol. The number of carbonyl (C=O) groups excluding carboxylic acids is 1. The van der Waals surface area contributed by atoms with Gasteiger partial charge in [-0.25, -0.2) is 4.79 Å². The Kier molecular flexibility index (Phi) is 4.55. The summed E-state index contributed by atoms with van der Waals surface area (Å²) < 4.78 is 47.5. The second-order valence-corrected chi connectivity index (χ2v) is 4.65. The first kappa shape index (κ1) is 15.4. The number of carbonyl (C=O) groups is 1. The number of ether oxygens (including phenoxy) is 2. The Morgan fingerprint density at radius 2 is 1.95 bits per heavy atom. The quantitative estimate of drug-likeness (QED) is 0.617. The lowest BCUT2D eigenvalue weighted by molar-refractivity contribution is -0.137. The minimum atomic E-state index is -4.36. The molecule has 0 heterocycles. The molecule has 0 aliphatic heterocycles. The summed E-state index contributed by atoms with van der Waals surface area (Å²) in [5.41, 5.74) is -0.0258. The summed E-state index contributed by atoms with van der Waals surface area (Å²) in [5.74, 6) is -0.253. The van der Waals surface area contributed by atoms with Crippen molar-refractivity contribution in [1.82, 2.24) is 0 Å². The van der Waals surface area contributed by atoms with Crippen LogP contribution >= 0.6 is 0 Å². The van der Waals surface area contributed by atoms with Crippen LogP contribution in [0.4, 0.5) is 18.0 Å². The zero-order valence-corrected chi connectivity index (χ0v) is 11.4. The van der Waals surface area contributed by atoms with Crippen LogP contribution in [0.2, 0.25) is 0 Å². The molecule has 1 aromatic carbocycles. The van der Waals surface area contributed by atoms with Crippen molar-refractivity contribution >= 4 is 6.16 Å². The molecular formula is C15H15F3O3. The van der Waals surface area contributed by atoms with E-state index in [9.17, 15) is 18.0 Å². The van der Waals surface area contributed by atoms with Gasteiger partial charge in [-0.05, 0) is 24.6 Å². The highest BCUT2D eigenvalue weighted by Crippen LogP contribution is 2.34. The van der Waals surface area contributed by atoms with E-state index in [1.807, 2.05) is 12.2 Å². The maximum atomic E-state index is 12.5. The smallest absolute Gasteiger partial charge is 0.435 e. The van der Waals surface area contributed by atoms with E-state index in [0.29, 0.717) is 12.0 Å². The first-order valence-corrected chi connectivity index (χ1v) is 6.59. The Hall–Kier alpha value is -1.98. The fraction of sp³-hybridized carbons (Fsp3) is 0.400. The van der Waals surface area contributed by atoms with E-state index in [1.54, 1.807) is 6.92 Å². The van der Waals surface area contributed by atoms with Crippen molar-refractivity contribution in [3.05, 3.63) is 47.5 Å². The number of hydrogen-bond acceptors (Lipinski definition) is 3. The molecule has 1 aliphatic rings. The molecule has 0 aromatic heterocycles. The van der Waals surface area contributed by atoms with Gasteiger partial charge in [0.15, 0.2) is 0 Å². The van der Waals surface area contributed by atoms with Crippen LogP contribution < -0.4 is 0 Å². The molecule has 0 fully saturated rings. The van der Waals surface area contributed by atoms with Gasteiger partial charge in [0.05, 0.1) is 12.2 Å². The van der Waals surface area contributed by atoms with Crippen molar-refractivity contribution in [3.8, 4) is 0 Å². The fourth-order valence-electron chi connectivity index (χ4n) is 2.25. The second-order valence-electron chi connectivity index (χ2n) is 4.65. The molecule has 0 bridgehead atoms. The van der Waals surface area contributed by atoms with Gasteiger partial charge in [-0.2, -0.15) is 13.2 Å². The molecule has 0 saturated heterocycles. The van der Waals surface area contributed by atoms with Gasteiger partial charge in [-0.3, -0.25) is 0 Å². The fourth-order valence-corrected chi connectivity index (χ4v) is 2.25. The van der Waals surface area contributed by atoms with Gasteiger partial charge in [-0.15, -0.1) is 0 Å². The highest BCUT2D eigenvalue weighted by molar-refractivity contribution is 5.60. The third-order valence-electron chi connectivity index (χ3n) is 3.25. The Bertz CT molecular complexity index is 520. The highest BCUT2D eigenvalue weighted by atomic mass is 19.4. The minimum Gasteiger partial charge on any atom is -0.435 e. The lowest BCUT2D eigenvalue weighted by Gasteiger charge is -2.20. The zero-order valence-electron chi connectivity index (χ0n) is 11.4. The lowest BCUT2D eigenvalue weighted by Crippen LogP contribution is -2.22. The Labute approximate surface area is 120 Å². The van der Waals surface area contributed by atoms with Gasteiger partial charge < -0.3 is 9.47 Å². The Morgan fingerprint density at radius 1 is 1.29 bits per heavy atom. The van der Waals surface area contributed by atoms with E-state index in [-0.39, 0.29) is 12.5 Å². The molecule has 0 amide bonds. The van der Waals surface area contributed by atoms with Gasteiger partial charge in [0.1, 0.15) is 6.10 Å². The summed E-state index contributed by atoms with van der Waals surface area (Å²) in [6.07, 6.45) is -1.38. The van der Waals surface area contributed by atoms with Crippen molar-refractivity contribution in [1.29, 1.82) is 0 Å². The SMILES string of the molecule is CCOC(=O)O[C@@H]1CC=C[C@H]1c1ccc(C(F)(F)F)cc1. The van der Waals surface area contributed by atoms with Crippen molar-refractivity contribution in [2.75, 3.05) is 6.61 Å². The van der Waals surface area contributed by atoms with Crippen LogP contribution in [-0.4, -0.2) is 18.9 Å². The summed E-state index contributed by atoms with van der Waals surface area (Å²) in [7, 11) is 0. The van der Waals surface area contributed by atoms with Gasteiger partial charge in [0, 0.05) is 12.3 Å². The van der Waals surface area contributed by atoms with Gasteiger partial charge in [0.25, 0.3) is 0 Å². The van der Waals surface area contributed by atoms with Crippen LogP contribution in [0.5, 0.6) is 0 Å². The normalized spacial score (nSPS) is 21.3.